The summed E-state index contributed by atoms with van der Waals surface area (Å²) < 4.78 is 6.66. The first kappa shape index (κ1) is 10.6. The van der Waals surface area contributed by atoms with Crippen molar-refractivity contribution in [3.05, 3.63) is 21.6 Å². The molecule has 2 aromatic rings. The summed E-state index contributed by atoms with van der Waals surface area (Å²) in [6.07, 6.45) is 0. The first-order chi connectivity index (χ1) is 7.11. The Bertz CT molecular complexity index is 540. The summed E-state index contributed by atoms with van der Waals surface area (Å²) in [5, 5.41) is 0. The molecule has 6 heteroatoms. The lowest BCUT2D eigenvalue weighted by Gasteiger charge is -2.02. The van der Waals surface area contributed by atoms with Crippen LogP contribution in [0.1, 0.15) is 10.4 Å². The largest absolute Gasteiger partial charge is 0.497 e. The first-order valence-electron chi connectivity index (χ1n) is 4.05. The lowest BCUT2D eigenvalue weighted by molar-refractivity contribution is 0.108. The van der Waals surface area contributed by atoms with Crippen LogP contribution in [0.25, 0.3) is 10.2 Å². The molecule has 0 unspecified atom stereocenters. The van der Waals surface area contributed by atoms with Gasteiger partial charge in [-0.3, -0.25) is 0 Å². The minimum absolute atomic E-state index is 0.381. The number of carbonyl (C=O) groups is 1. The summed E-state index contributed by atoms with van der Waals surface area (Å²) >= 11 is 4.70. The molecule has 0 aliphatic carbocycles. The molecule has 0 aliphatic heterocycles. The number of methoxy groups -OCH3 is 1. The second-order valence-electron chi connectivity index (χ2n) is 2.85. The van der Waals surface area contributed by atoms with Crippen LogP contribution in [0, 0.1) is 0 Å². The highest BCUT2D eigenvalue weighted by Crippen LogP contribution is 2.32. The van der Waals surface area contributed by atoms with Gasteiger partial charge in [0.15, 0.2) is 11.8 Å². The number of halogens is 1. The molecule has 0 saturated heterocycles. The molecule has 74 valence electrons. The highest BCUT2D eigenvalue weighted by molar-refractivity contribution is 9.11. The number of carbonyl (C=O) groups excluding carboxylic acids is 1. The van der Waals surface area contributed by atoms with Crippen LogP contribution in [0.3, 0.4) is 0 Å². The van der Waals surface area contributed by atoms with Crippen molar-refractivity contribution in [2.75, 3.05) is 7.11 Å². The van der Waals surface area contributed by atoms with Crippen molar-refractivity contribution >= 4 is 51.0 Å². The number of nitrogens with zero attached hydrogens (tertiary/aromatic N) is 1. The van der Waals surface area contributed by atoms with Crippen molar-refractivity contribution < 1.29 is 9.53 Å². The molecule has 1 aromatic carbocycles. The van der Waals surface area contributed by atoms with Crippen LogP contribution in [0.5, 0.6) is 5.75 Å². The maximum Gasteiger partial charge on any atom is 0.175 e. The Morgan fingerprint density at radius 2 is 2.33 bits per heavy atom. The molecule has 15 heavy (non-hydrogen) atoms. The van der Waals surface area contributed by atoms with E-state index in [0.717, 1.165) is 4.70 Å². The molecule has 0 spiro atoms. The van der Waals surface area contributed by atoms with E-state index >= 15 is 0 Å². The van der Waals surface area contributed by atoms with Crippen LogP contribution in [-0.2, 0) is 0 Å². The molecule has 2 radical (unpaired) electrons. The molecular weight excluding hydrogens is 277 g/mol. The third-order valence-corrected chi connectivity index (χ3v) is 3.40. The van der Waals surface area contributed by atoms with Crippen molar-refractivity contribution in [1.29, 1.82) is 0 Å². The van der Waals surface area contributed by atoms with Crippen LogP contribution in [0.2, 0.25) is 0 Å². The Labute approximate surface area is 100.0 Å². The average Bonchev–Trinajstić information content (AvgIpc) is 2.55. The van der Waals surface area contributed by atoms with Gasteiger partial charge in [0.05, 0.1) is 17.3 Å². The molecule has 3 nitrogen and oxygen atoms in total. The van der Waals surface area contributed by atoms with E-state index in [1.807, 2.05) is 6.07 Å². The van der Waals surface area contributed by atoms with Crippen LogP contribution in [0.15, 0.2) is 16.0 Å². The Morgan fingerprint density at radius 3 is 2.93 bits per heavy atom. The quantitative estimate of drug-likeness (QED) is 0.794. The topological polar surface area (TPSA) is 39.2 Å². The van der Waals surface area contributed by atoms with Crippen molar-refractivity contribution in [3.8, 4) is 5.75 Å². The van der Waals surface area contributed by atoms with Crippen molar-refractivity contribution in [2.24, 2.45) is 0 Å². The van der Waals surface area contributed by atoms with Crippen molar-refractivity contribution in [2.45, 2.75) is 0 Å². The average molecular weight is 282 g/mol. The maximum absolute atomic E-state index is 11.2. The van der Waals surface area contributed by atoms with E-state index < -0.39 is 5.68 Å². The van der Waals surface area contributed by atoms with Crippen LogP contribution in [0.4, 0.5) is 0 Å². The molecule has 2 rings (SSSR count). The van der Waals surface area contributed by atoms with Gasteiger partial charge in [-0.05, 0) is 28.1 Å². The van der Waals surface area contributed by atoms with E-state index in [1.54, 1.807) is 13.2 Å². The summed E-state index contributed by atoms with van der Waals surface area (Å²) in [6, 6.07) is 3.42. The van der Waals surface area contributed by atoms with Gasteiger partial charge in [-0.1, -0.05) is 0 Å². The lowest BCUT2D eigenvalue weighted by atomic mass is 9.94. The monoisotopic (exact) mass is 281 g/mol. The Kier molecular flexibility index (Phi) is 2.80. The first-order valence-corrected chi connectivity index (χ1v) is 5.66. The molecule has 0 bridgehead atoms. The fourth-order valence-corrected chi connectivity index (χ4v) is 2.73. The van der Waals surface area contributed by atoms with Gasteiger partial charge in [0.25, 0.3) is 0 Å². The minimum Gasteiger partial charge on any atom is -0.497 e. The van der Waals surface area contributed by atoms with Gasteiger partial charge in [0.2, 0.25) is 0 Å². The molecule has 0 saturated carbocycles. The number of hydrogen-bond acceptors (Lipinski definition) is 4. The second kappa shape index (κ2) is 3.94. The molecule has 1 aromatic heterocycles. The van der Waals surface area contributed by atoms with Crippen molar-refractivity contribution in [3.63, 3.8) is 0 Å². The zero-order chi connectivity index (χ0) is 11.0. The van der Waals surface area contributed by atoms with Crippen LogP contribution < -0.4 is 4.74 Å². The number of ether oxygens (including phenoxy) is 1. The lowest BCUT2D eigenvalue weighted by Crippen LogP contribution is -1.99. The molecule has 0 aliphatic rings. The highest BCUT2D eigenvalue weighted by atomic mass is 79.9. The van der Waals surface area contributed by atoms with E-state index in [0.29, 0.717) is 20.7 Å². The highest BCUT2D eigenvalue weighted by Gasteiger charge is 2.12. The number of thiazole rings is 1. The zero-order valence-electron chi connectivity index (χ0n) is 7.78. The molecule has 0 N–H and O–H groups in total. The number of benzene rings is 1. The standard InChI is InChI=1S/C9H5BBrNO2S/c1-14-4-2-5(8(10)13)7-6(3-4)15-9(11)12-7/h2-3H,1H3. The predicted molar refractivity (Wildman–Crippen MR) is 64.0 cm³/mol. The second-order valence-corrected chi connectivity index (χ2v) is 5.16. The zero-order valence-corrected chi connectivity index (χ0v) is 10.2. The summed E-state index contributed by atoms with van der Waals surface area (Å²) in [5.74, 6) is 0.604. The molecule has 1 heterocycles. The number of fused-ring (bicyclic) bond motifs is 1. The van der Waals surface area contributed by atoms with Crippen molar-refractivity contribution in [1.82, 2.24) is 4.98 Å². The third-order valence-electron chi connectivity index (χ3n) is 1.94. The minimum atomic E-state index is -0.503. The SMILES string of the molecule is [B]C(=O)c1cc(OC)cc2sc(Br)nc12. The van der Waals surface area contributed by atoms with E-state index in [9.17, 15) is 4.79 Å². The maximum atomic E-state index is 11.2. The number of hydrogen-bond donors (Lipinski definition) is 0. The van der Waals surface area contributed by atoms with Gasteiger partial charge in [-0.2, -0.15) is 0 Å². The predicted octanol–water partition coefficient (Wildman–Crippen LogP) is 2.38. The normalized spacial score (nSPS) is 10.5. The molecule has 0 amide bonds. The van der Waals surface area contributed by atoms with Crippen LogP contribution >= 0.6 is 27.3 Å². The van der Waals surface area contributed by atoms with E-state index in [4.69, 9.17) is 12.6 Å². The van der Waals surface area contributed by atoms with Gasteiger partial charge >= 0.3 is 0 Å². The van der Waals surface area contributed by atoms with Gasteiger partial charge in [-0.25, -0.2) is 4.98 Å². The fraction of sp³-hybridized carbons (Fsp3) is 0.111. The van der Waals surface area contributed by atoms with Gasteiger partial charge in [0, 0.05) is 5.56 Å². The summed E-state index contributed by atoms with van der Waals surface area (Å²) in [5.41, 5.74) is 0.489. The smallest absolute Gasteiger partial charge is 0.175 e. The van der Waals surface area contributed by atoms with Gasteiger partial charge in [0.1, 0.15) is 11.4 Å². The Balaban J connectivity index is 2.79. The Morgan fingerprint density at radius 1 is 1.60 bits per heavy atom. The van der Waals surface area contributed by atoms with Gasteiger partial charge < -0.3 is 9.53 Å². The summed E-state index contributed by atoms with van der Waals surface area (Å²) in [7, 11) is 6.81. The van der Waals surface area contributed by atoms with E-state index in [-0.39, 0.29) is 0 Å². The van der Waals surface area contributed by atoms with E-state index in [1.165, 1.54) is 11.3 Å². The molecule has 0 fully saturated rings. The summed E-state index contributed by atoms with van der Waals surface area (Å²) in [6.45, 7) is 0. The molecular formula is C9H5BBrNO2S. The fourth-order valence-electron chi connectivity index (χ4n) is 1.28. The number of aromatic nitrogens is 1. The van der Waals surface area contributed by atoms with Gasteiger partial charge in [-0.15, -0.1) is 11.3 Å². The van der Waals surface area contributed by atoms with E-state index in [2.05, 4.69) is 20.9 Å². The number of rotatable bonds is 2. The summed E-state index contributed by atoms with van der Waals surface area (Å²) in [4.78, 5) is 15.4. The molecule has 0 atom stereocenters. The Hall–Kier alpha value is -0.875. The third kappa shape index (κ3) is 1.91. The van der Waals surface area contributed by atoms with Crippen LogP contribution in [-0.4, -0.2) is 25.6 Å².